The van der Waals surface area contributed by atoms with Crippen molar-refractivity contribution in [2.24, 2.45) is 7.05 Å². The Balaban J connectivity index is 1.93. The fourth-order valence-corrected chi connectivity index (χ4v) is 3.65. The number of fused-ring (bicyclic) bond motifs is 1. The van der Waals surface area contributed by atoms with Crippen molar-refractivity contribution in [2.45, 2.75) is 12.0 Å². The van der Waals surface area contributed by atoms with Crippen molar-refractivity contribution in [1.82, 2.24) is 15.0 Å². The van der Waals surface area contributed by atoms with Gasteiger partial charge in [0, 0.05) is 12.7 Å². The van der Waals surface area contributed by atoms with Gasteiger partial charge in [0.15, 0.2) is 5.78 Å². The molecule has 1 N–H and O–H groups in total. The van der Waals surface area contributed by atoms with Crippen molar-refractivity contribution < 1.29 is 23.1 Å². The first kappa shape index (κ1) is 18.7. The number of hydrogen-bond donors (Lipinski definition) is 1. The number of rotatable bonds is 3. The van der Waals surface area contributed by atoms with Gasteiger partial charge in [-0.15, -0.1) is 5.10 Å². The minimum Gasteiger partial charge on any atom is -0.465 e. The summed E-state index contributed by atoms with van der Waals surface area (Å²) in [5.74, 6) is -3.18. The number of halogens is 2. The lowest BCUT2D eigenvalue weighted by Crippen LogP contribution is -2.34. The monoisotopic (exact) mass is 398 g/mol. The lowest BCUT2D eigenvalue weighted by atomic mass is 9.79. The van der Waals surface area contributed by atoms with Gasteiger partial charge in [0.1, 0.15) is 11.6 Å². The molecule has 0 radical (unpaired) electrons. The quantitative estimate of drug-likeness (QED) is 0.683. The minimum absolute atomic E-state index is 0.0304. The van der Waals surface area contributed by atoms with E-state index in [-0.39, 0.29) is 16.8 Å². The lowest BCUT2D eigenvalue weighted by molar-refractivity contribution is 0.0595. The van der Waals surface area contributed by atoms with E-state index in [0.717, 1.165) is 19.2 Å². The number of ketones is 1. The Hall–Kier alpha value is -3.62. The summed E-state index contributed by atoms with van der Waals surface area (Å²) < 4.78 is 33.8. The minimum atomic E-state index is -0.832. The number of methoxy groups -OCH3 is 1. The molecule has 0 fully saturated rings. The van der Waals surface area contributed by atoms with Gasteiger partial charge in [-0.1, -0.05) is 17.3 Å². The predicted molar refractivity (Wildman–Crippen MR) is 98.6 cm³/mol. The number of nitrogens with zero attached hydrogens (tertiary/aromatic N) is 3. The summed E-state index contributed by atoms with van der Waals surface area (Å²) in [5, 5.41) is 10.9. The maximum absolute atomic E-state index is 14.2. The molecule has 0 aliphatic carbocycles. The summed E-state index contributed by atoms with van der Waals surface area (Å²) in [4.78, 5) is 25.7. The molecule has 1 aromatic heterocycles. The summed E-state index contributed by atoms with van der Waals surface area (Å²) in [6, 6.07) is 7.11. The molecule has 2 atom stereocenters. The molecule has 1 aliphatic rings. The van der Waals surface area contributed by atoms with Gasteiger partial charge in [-0.25, -0.2) is 13.6 Å². The molecule has 2 heterocycles. The molecule has 3 aromatic rings. The number of ether oxygens (including phenoxy) is 1. The van der Waals surface area contributed by atoms with Crippen molar-refractivity contribution in [3.05, 3.63) is 76.6 Å². The lowest BCUT2D eigenvalue weighted by Gasteiger charge is -2.34. The number of anilines is 1. The van der Waals surface area contributed by atoms with E-state index in [1.807, 2.05) is 0 Å². The number of aromatic nitrogens is 3. The van der Waals surface area contributed by atoms with E-state index < -0.39 is 35.3 Å². The van der Waals surface area contributed by atoms with Crippen LogP contribution in [0.5, 0.6) is 0 Å². The van der Waals surface area contributed by atoms with E-state index in [0.29, 0.717) is 11.3 Å². The second-order valence-electron chi connectivity index (χ2n) is 6.67. The molecule has 7 nitrogen and oxygen atoms in total. The van der Waals surface area contributed by atoms with Gasteiger partial charge in [0.2, 0.25) is 0 Å². The highest BCUT2D eigenvalue weighted by molar-refractivity contribution is 6.14. The largest absolute Gasteiger partial charge is 0.465 e. The first-order valence-corrected chi connectivity index (χ1v) is 8.73. The predicted octanol–water partition coefficient (Wildman–Crippen LogP) is 3.01. The average Bonchev–Trinajstić information content (AvgIpc) is 3.12. The van der Waals surface area contributed by atoms with Gasteiger partial charge in [-0.2, -0.15) is 0 Å². The second kappa shape index (κ2) is 7.08. The van der Waals surface area contributed by atoms with Crippen LogP contribution in [0.15, 0.2) is 42.6 Å². The number of benzene rings is 2. The zero-order valence-corrected chi connectivity index (χ0v) is 15.5. The summed E-state index contributed by atoms with van der Waals surface area (Å²) >= 11 is 0. The van der Waals surface area contributed by atoms with E-state index >= 15 is 0 Å². The van der Waals surface area contributed by atoms with Crippen molar-refractivity contribution in [3.63, 3.8) is 0 Å². The van der Waals surface area contributed by atoms with Crippen LogP contribution in [0.3, 0.4) is 0 Å². The van der Waals surface area contributed by atoms with Crippen LogP contribution in [0.1, 0.15) is 43.9 Å². The SMILES string of the molecule is COC(=O)c1cc(F)cc2c1C(=O)[C@H](c1cnnn1C)[C@@H](c1ccc(F)cc1)N2. The molecule has 0 unspecified atom stereocenters. The Morgan fingerprint density at radius 1 is 1.17 bits per heavy atom. The van der Waals surface area contributed by atoms with Gasteiger partial charge in [0.25, 0.3) is 0 Å². The zero-order valence-electron chi connectivity index (χ0n) is 15.5. The third-order valence-corrected chi connectivity index (χ3v) is 4.98. The average molecular weight is 398 g/mol. The van der Waals surface area contributed by atoms with Gasteiger partial charge in [-0.05, 0) is 29.8 Å². The van der Waals surface area contributed by atoms with Crippen LogP contribution in [-0.4, -0.2) is 33.9 Å². The van der Waals surface area contributed by atoms with Gasteiger partial charge < -0.3 is 10.1 Å². The fraction of sp³-hybridized carbons (Fsp3) is 0.200. The summed E-state index contributed by atoms with van der Waals surface area (Å²) in [5.41, 5.74) is 1.12. The van der Waals surface area contributed by atoms with Crippen molar-refractivity contribution in [2.75, 3.05) is 12.4 Å². The Kier molecular flexibility index (Phi) is 4.57. The number of nitrogens with one attached hydrogen (secondary N) is 1. The third kappa shape index (κ3) is 3.14. The molecule has 0 bridgehead atoms. The molecule has 0 spiro atoms. The topological polar surface area (TPSA) is 86.1 Å². The van der Waals surface area contributed by atoms with Crippen LogP contribution in [0.2, 0.25) is 0 Å². The Morgan fingerprint density at radius 2 is 1.90 bits per heavy atom. The maximum atomic E-state index is 14.2. The molecule has 1 aliphatic heterocycles. The second-order valence-corrected chi connectivity index (χ2v) is 6.67. The molecular formula is C20H16F2N4O3. The normalized spacial score (nSPS) is 18.1. The number of aryl methyl sites for hydroxylation is 1. The van der Waals surface area contributed by atoms with Crippen molar-refractivity contribution in [1.29, 1.82) is 0 Å². The van der Waals surface area contributed by atoms with E-state index in [9.17, 15) is 18.4 Å². The van der Waals surface area contributed by atoms with Crippen LogP contribution in [0.4, 0.5) is 14.5 Å². The number of Topliss-reactive ketones (excluding diaryl/α,β-unsaturated/α-hetero) is 1. The zero-order chi connectivity index (χ0) is 20.7. The highest BCUT2D eigenvalue weighted by Gasteiger charge is 2.41. The number of esters is 1. The van der Waals surface area contributed by atoms with E-state index in [1.54, 1.807) is 19.2 Å². The Morgan fingerprint density at radius 3 is 2.52 bits per heavy atom. The van der Waals surface area contributed by atoms with E-state index in [4.69, 9.17) is 4.74 Å². The smallest absolute Gasteiger partial charge is 0.338 e. The van der Waals surface area contributed by atoms with Crippen LogP contribution >= 0.6 is 0 Å². The fourth-order valence-electron chi connectivity index (χ4n) is 3.65. The van der Waals surface area contributed by atoms with Crippen LogP contribution < -0.4 is 5.32 Å². The highest BCUT2D eigenvalue weighted by Crippen LogP contribution is 2.43. The van der Waals surface area contributed by atoms with Gasteiger partial charge in [-0.3, -0.25) is 9.48 Å². The van der Waals surface area contributed by atoms with Gasteiger partial charge in [0.05, 0.1) is 42.1 Å². The maximum Gasteiger partial charge on any atom is 0.338 e. The molecule has 29 heavy (non-hydrogen) atoms. The first-order chi connectivity index (χ1) is 13.9. The molecule has 0 amide bonds. The summed E-state index contributed by atoms with van der Waals surface area (Å²) in [6.45, 7) is 0. The van der Waals surface area contributed by atoms with Crippen LogP contribution in [0.25, 0.3) is 0 Å². The van der Waals surface area contributed by atoms with E-state index in [1.165, 1.54) is 23.0 Å². The highest BCUT2D eigenvalue weighted by atomic mass is 19.1. The molecule has 0 saturated heterocycles. The molecule has 9 heteroatoms. The molecular weight excluding hydrogens is 382 g/mol. The van der Waals surface area contributed by atoms with Crippen LogP contribution in [0, 0.1) is 11.6 Å². The summed E-state index contributed by atoms with van der Waals surface area (Å²) in [7, 11) is 2.79. The molecule has 0 saturated carbocycles. The van der Waals surface area contributed by atoms with Crippen molar-refractivity contribution >= 4 is 17.4 Å². The number of hydrogen-bond acceptors (Lipinski definition) is 6. The van der Waals surface area contributed by atoms with Gasteiger partial charge >= 0.3 is 5.97 Å². The first-order valence-electron chi connectivity index (χ1n) is 8.73. The Bertz CT molecular complexity index is 1110. The summed E-state index contributed by atoms with van der Waals surface area (Å²) in [6.07, 6.45) is 1.45. The van der Waals surface area contributed by atoms with Crippen molar-refractivity contribution in [3.8, 4) is 0 Å². The molecule has 148 valence electrons. The Labute approximate surface area is 164 Å². The third-order valence-electron chi connectivity index (χ3n) is 4.98. The molecule has 2 aromatic carbocycles. The standard InChI is InChI=1S/C20H16F2N4O3/c1-26-15(9-23-25-26)17-18(10-3-5-11(21)6-4-10)24-14-8-12(22)7-13(20(28)29-2)16(14)19(17)27/h3-9,17-18,24H,1-2H3/t17-,18-/m1/s1. The number of carbonyl (C=O) groups is 2. The molecule has 4 rings (SSSR count). The van der Waals surface area contributed by atoms with E-state index in [2.05, 4.69) is 15.6 Å². The number of carbonyl (C=O) groups excluding carboxylic acids is 2. The van der Waals surface area contributed by atoms with Crippen LogP contribution in [-0.2, 0) is 11.8 Å².